The monoisotopic (exact) mass is 342 g/mol. The van der Waals surface area contributed by atoms with Crippen molar-refractivity contribution in [3.63, 3.8) is 0 Å². The number of carbonyl (C=O) groups is 2. The number of halogens is 1. The molecule has 7 nitrogen and oxygen atoms in total. The van der Waals surface area contributed by atoms with Crippen LogP contribution in [0.5, 0.6) is 0 Å². The fraction of sp³-hybridized carbons (Fsp3) is 0.417. The second-order valence-electron chi connectivity index (χ2n) is 4.34. The number of pyridine rings is 1. The summed E-state index contributed by atoms with van der Waals surface area (Å²) in [7, 11) is 1.55. The molecule has 20 heavy (non-hydrogen) atoms. The fourth-order valence-electron chi connectivity index (χ4n) is 2.06. The first-order valence-corrected chi connectivity index (χ1v) is 6.93. The van der Waals surface area contributed by atoms with E-state index in [4.69, 9.17) is 5.11 Å². The molecule has 1 aromatic rings. The van der Waals surface area contributed by atoms with E-state index < -0.39 is 6.09 Å². The summed E-state index contributed by atoms with van der Waals surface area (Å²) in [5.74, 6) is -0.243. The van der Waals surface area contributed by atoms with E-state index in [1.54, 1.807) is 13.1 Å². The first-order chi connectivity index (χ1) is 9.52. The Morgan fingerprint density at radius 1 is 1.30 bits per heavy atom. The number of hydrogen-bond donors (Lipinski definition) is 2. The average molecular weight is 343 g/mol. The number of nitrogens with one attached hydrogen (secondary N) is 1. The van der Waals surface area contributed by atoms with Gasteiger partial charge < -0.3 is 20.2 Å². The number of rotatable bonds is 2. The summed E-state index contributed by atoms with van der Waals surface area (Å²) < 4.78 is 0.586. The molecule has 1 aromatic heterocycles. The average Bonchev–Trinajstić information content (AvgIpc) is 2.46. The van der Waals surface area contributed by atoms with Crippen LogP contribution in [0.2, 0.25) is 0 Å². The molecule has 2 amide bonds. The highest BCUT2D eigenvalue weighted by molar-refractivity contribution is 9.10. The van der Waals surface area contributed by atoms with Gasteiger partial charge in [0.2, 0.25) is 0 Å². The number of carbonyl (C=O) groups excluding carboxylic acids is 1. The maximum absolute atomic E-state index is 11.5. The van der Waals surface area contributed by atoms with E-state index in [0.717, 1.165) is 5.69 Å². The summed E-state index contributed by atoms with van der Waals surface area (Å²) in [6.45, 7) is 2.12. The summed E-state index contributed by atoms with van der Waals surface area (Å²) in [6.07, 6.45) is -0.892. The standard InChI is InChI=1S/C12H15BrN4O3/c1-14-11(18)8-2-3-9(10(13)15-8)16-4-6-17(7-5-16)12(19)20/h2-3H,4-7H2,1H3,(H,14,18)(H,19,20). The zero-order valence-electron chi connectivity index (χ0n) is 11.0. The minimum absolute atomic E-state index is 0.243. The fourth-order valence-corrected chi connectivity index (χ4v) is 2.63. The number of anilines is 1. The van der Waals surface area contributed by atoms with Crippen molar-refractivity contribution in [2.45, 2.75) is 0 Å². The Morgan fingerprint density at radius 2 is 1.95 bits per heavy atom. The molecule has 108 valence electrons. The summed E-state index contributed by atoms with van der Waals surface area (Å²) in [6, 6.07) is 3.47. The van der Waals surface area contributed by atoms with Gasteiger partial charge in [-0.3, -0.25) is 4.79 Å². The molecule has 2 N–H and O–H groups in total. The lowest BCUT2D eigenvalue weighted by Gasteiger charge is -2.34. The third-order valence-electron chi connectivity index (χ3n) is 3.18. The highest BCUT2D eigenvalue weighted by atomic mass is 79.9. The van der Waals surface area contributed by atoms with Crippen molar-refractivity contribution in [3.8, 4) is 0 Å². The van der Waals surface area contributed by atoms with Gasteiger partial charge in [-0.2, -0.15) is 0 Å². The van der Waals surface area contributed by atoms with Gasteiger partial charge in [0.25, 0.3) is 5.91 Å². The second kappa shape index (κ2) is 6.08. The van der Waals surface area contributed by atoms with Crippen molar-refractivity contribution in [3.05, 3.63) is 22.4 Å². The Kier molecular flexibility index (Phi) is 4.43. The lowest BCUT2D eigenvalue weighted by molar-refractivity contribution is 0.0958. The second-order valence-corrected chi connectivity index (χ2v) is 5.09. The molecular weight excluding hydrogens is 328 g/mol. The van der Waals surface area contributed by atoms with Crippen LogP contribution in [0.15, 0.2) is 16.7 Å². The quantitative estimate of drug-likeness (QED) is 0.783. The number of aromatic nitrogens is 1. The van der Waals surface area contributed by atoms with Crippen LogP contribution in [0.25, 0.3) is 0 Å². The molecule has 1 saturated heterocycles. The number of amides is 2. The summed E-state index contributed by atoms with van der Waals surface area (Å²) in [5.41, 5.74) is 1.20. The molecular formula is C12H15BrN4O3. The number of carboxylic acid groups (broad SMARTS) is 1. The van der Waals surface area contributed by atoms with Crippen molar-refractivity contribution in [1.29, 1.82) is 0 Å². The van der Waals surface area contributed by atoms with Crippen LogP contribution in [0.4, 0.5) is 10.5 Å². The van der Waals surface area contributed by atoms with Gasteiger partial charge in [-0.1, -0.05) is 0 Å². The van der Waals surface area contributed by atoms with Crippen molar-refractivity contribution in [2.75, 3.05) is 38.1 Å². The van der Waals surface area contributed by atoms with Crippen LogP contribution < -0.4 is 10.2 Å². The van der Waals surface area contributed by atoms with Crippen LogP contribution in [0.3, 0.4) is 0 Å². The van der Waals surface area contributed by atoms with Gasteiger partial charge in [-0.15, -0.1) is 0 Å². The van der Waals surface area contributed by atoms with Crippen molar-refractivity contribution < 1.29 is 14.7 Å². The van der Waals surface area contributed by atoms with Crippen LogP contribution in [0, 0.1) is 0 Å². The molecule has 8 heteroatoms. The van der Waals surface area contributed by atoms with E-state index in [-0.39, 0.29) is 5.91 Å². The van der Waals surface area contributed by atoms with Crippen LogP contribution in [-0.4, -0.2) is 60.2 Å². The van der Waals surface area contributed by atoms with Gasteiger partial charge in [0, 0.05) is 33.2 Å². The van der Waals surface area contributed by atoms with Crippen molar-refractivity contribution in [2.24, 2.45) is 0 Å². The number of nitrogens with zero attached hydrogens (tertiary/aromatic N) is 3. The molecule has 2 heterocycles. The molecule has 1 aliphatic heterocycles. The molecule has 0 radical (unpaired) electrons. The van der Waals surface area contributed by atoms with E-state index >= 15 is 0 Å². The maximum Gasteiger partial charge on any atom is 0.407 e. The molecule has 0 bridgehead atoms. The van der Waals surface area contributed by atoms with E-state index in [1.165, 1.54) is 4.90 Å². The molecule has 0 aliphatic carbocycles. The van der Waals surface area contributed by atoms with E-state index in [2.05, 4.69) is 26.2 Å². The van der Waals surface area contributed by atoms with E-state index in [1.807, 2.05) is 11.0 Å². The van der Waals surface area contributed by atoms with Crippen molar-refractivity contribution in [1.82, 2.24) is 15.2 Å². The van der Waals surface area contributed by atoms with Gasteiger partial charge in [0.15, 0.2) is 0 Å². The summed E-state index contributed by atoms with van der Waals surface area (Å²) in [4.78, 5) is 30.0. The molecule has 0 atom stereocenters. The molecule has 0 saturated carbocycles. The normalized spacial score (nSPS) is 15.1. The third-order valence-corrected chi connectivity index (χ3v) is 3.76. The minimum Gasteiger partial charge on any atom is -0.465 e. The smallest absolute Gasteiger partial charge is 0.407 e. The SMILES string of the molecule is CNC(=O)c1ccc(N2CCN(C(=O)O)CC2)c(Br)n1. The Labute approximate surface area is 124 Å². The third kappa shape index (κ3) is 3.01. The topological polar surface area (TPSA) is 85.8 Å². The van der Waals surface area contributed by atoms with Gasteiger partial charge in [0.05, 0.1) is 5.69 Å². The predicted octanol–water partition coefficient (Wildman–Crippen LogP) is 1.00. The molecule has 2 rings (SSSR count). The molecule has 0 aromatic carbocycles. The first kappa shape index (κ1) is 14.6. The highest BCUT2D eigenvalue weighted by Crippen LogP contribution is 2.25. The van der Waals surface area contributed by atoms with Crippen LogP contribution >= 0.6 is 15.9 Å². The molecule has 0 spiro atoms. The molecule has 1 fully saturated rings. The zero-order valence-corrected chi connectivity index (χ0v) is 12.6. The Hall–Kier alpha value is -1.83. The first-order valence-electron chi connectivity index (χ1n) is 6.14. The predicted molar refractivity (Wildman–Crippen MR) is 77.1 cm³/mol. The van der Waals surface area contributed by atoms with E-state index in [0.29, 0.717) is 36.5 Å². The highest BCUT2D eigenvalue weighted by Gasteiger charge is 2.22. The Morgan fingerprint density at radius 3 is 2.45 bits per heavy atom. The maximum atomic E-state index is 11.5. The number of piperazine rings is 1. The molecule has 0 unspecified atom stereocenters. The zero-order chi connectivity index (χ0) is 14.7. The van der Waals surface area contributed by atoms with E-state index in [9.17, 15) is 9.59 Å². The Balaban J connectivity index is 2.11. The van der Waals surface area contributed by atoms with Gasteiger partial charge in [-0.05, 0) is 28.1 Å². The van der Waals surface area contributed by atoms with Crippen LogP contribution in [-0.2, 0) is 0 Å². The minimum atomic E-state index is -0.892. The Bertz CT molecular complexity index is 529. The van der Waals surface area contributed by atoms with Crippen molar-refractivity contribution >= 4 is 33.6 Å². The lowest BCUT2D eigenvalue weighted by atomic mass is 10.2. The summed E-state index contributed by atoms with van der Waals surface area (Å²) >= 11 is 3.36. The van der Waals surface area contributed by atoms with Gasteiger partial charge >= 0.3 is 6.09 Å². The summed E-state index contributed by atoms with van der Waals surface area (Å²) in [5, 5.41) is 11.4. The van der Waals surface area contributed by atoms with Crippen LogP contribution in [0.1, 0.15) is 10.5 Å². The van der Waals surface area contributed by atoms with Gasteiger partial charge in [0.1, 0.15) is 10.3 Å². The lowest BCUT2D eigenvalue weighted by Crippen LogP contribution is -2.48. The molecule has 1 aliphatic rings. The van der Waals surface area contributed by atoms with Gasteiger partial charge in [-0.25, -0.2) is 9.78 Å². The number of hydrogen-bond acceptors (Lipinski definition) is 4. The largest absolute Gasteiger partial charge is 0.465 e.